The van der Waals surface area contributed by atoms with Gasteiger partial charge in [-0.3, -0.25) is 9.20 Å². The zero-order chi connectivity index (χ0) is 24.1. The predicted molar refractivity (Wildman–Crippen MR) is 123 cm³/mol. The van der Waals surface area contributed by atoms with Gasteiger partial charge in [0.15, 0.2) is 5.75 Å². The summed E-state index contributed by atoms with van der Waals surface area (Å²) in [4.78, 5) is 21.0. The van der Waals surface area contributed by atoms with Crippen molar-refractivity contribution in [2.45, 2.75) is 46.1 Å². The second-order valence-corrected chi connectivity index (χ2v) is 7.77. The summed E-state index contributed by atoms with van der Waals surface area (Å²) in [5.74, 6) is -0.0284. The SMILES string of the molecule is O.O.[CH2-]CC(C[C-](C)C)NC(=O)c1nc2ccc(Oc3ncc(F)cc3OCC(F)F)cn2c1C.[Sc]. The van der Waals surface area contributed by atoms with Crippen LogP contribution in [0.15, 0.2) is 30.6 Å². The molecular formula is C23H29F3N4O5Sc-2. The van der Waals surface area contributed by atoms with Crippen molar-refractivity contribution < 1.29 is 64.2 Å². The van der Waals surface area contributed by atoms with Crippen molar-refractivity contribution in [1.29, 1.82) is 0 Å². The Hall–Kier alpha value is -2.51. The molecule has 0 aromatic carbocycles. The Morgan fingerprint density at radius 3 is 2.58 bits per heavy atom. The van der Waals surface area contributed by atoms with Gasteiger partial charge in [0, 0.05) is 31.9 Å². The number of rotatable bonds is 10. The number of imidazole rings is 1. The molecule has 1 atom stereocenters. The topological polar surface area (TPSA) is 141 Å². The summed E-state index contributed by atoms with van der Waals surface area (Å²) in [6.45, 7) is 8.68. The van der Waals surface area contributed by atoms with Crippen LogP contribution in [0.2, 0.25) is 0 Å². The maximum absolute atomic E-state index is 13.5. The third kappa shape index (κ3) is 8.56. The smallest absolute Gasteiger partial charge is 0.272 e. The number of fused-ring (bicyclic) bond motifs is 1. The molecule has 13 heteroatoms. The van der Waals surface area contributed by atoms with Crippen molar-refractivity contribution in [3.8, 4) is 17.4 Å². The molecule has 0 aliphatic heterocycles. The van der Waals surface area contributed by atoms with Gasteiger partial charge >= 0.3 is 0 Å². The van der Waals surface area contributed by atoms with Crippen LogP contribution in [-0.4, -0.2) is 50.3 Å². The van der Waals surface area contributed by atoms with Crippen molar-refractivity contribution in [2.75, 3.05) is 6.61 Å². The Morgan fingerprint density at radius 2 is 1.97 bits per heavy atom. The van der Waals surface area contributed by atoms with Crippen molar-refractivity contribution >= 4 is 11.6 Å². The van der Waals surface area contributed by atoms with E-state index in [4.69, 9.17) is 9.47 Å². The fourth-order valence-electron chi connectivity index (χ4n) is 3.24. The summed E-state index contributed by atoms with van der Waals surface area (Å²) in [6, 6.07) is 4.02. The standard InChI is InChI=1S/C23H25F3N4O3.2H2O.Sc/c1-5-16(8-13(2)3)28-22(31)21-14(4)30-11-17(6-7-20(30)29-21)33-23-18(32-12-19(25)26)9-15(24)10-27-23;;;/h6-7,9-11,16,19H,1,5,8,12H2,2-4H3,(H,28,31);2*1H2;/q-2;;;. The number of ether oxygens (including phenoxy) is 2. The number of aromatic nitrogens is 3. The summed E-state index contributed by atoms with van der Waals surface area (Å²) in [5, 5.41) is 2.95. The molecule has 0 aliphatic carbocycles. The Bertz CT molecular complexity index is 1130. The molecule has 3 aromatic rings. The zero-order valence-electron chi connectivity index (χ0n) is 20.1. The molecule has 197 valence electrons. The second-order valence-electron chi connectivity index (χ2n) is 7.77. The monoisotopic (exact) mass is 543 g/mol. The minimum atomic E-state index is -2.74. The van der Waals surface area contributed by atoms with E-state index in [0.29, 0.717) is 17.8 Å². The maximum atomic E-state index is 13.5. The Labute approximate surface area is 225 Å². The number of nitrogens with zero attached hydrogens (tertiary/aromatic N) is 3. The van der Waals surface area contributed by atoms with Crippen LogP contribution in [0.3, 0.4) is 0 Å². The quantitative estimate of drug-likeness (QED) is 0.391. The fraction of sp³-hybridized carbons (Fsp3) is 0.348. The van der Waals surface area contributed by atoms with Gasteiger partial charge in [0.1, 0.15) is 29.5 Å². The van der Waals surface area contributed by atoms with Crippen molar-refractivity contribution in [2.24, 2.45) is 0 Å². The van der Waals surface area contributed by atoms with E-state index < -0.39 is 18.8 Å². The van der Waals surface area contributed by atoms with Crippen molar-refractivity contribution in [1.82, 2.24) is 19.7 Å². The van der Waals surface area contributed by atoms with E-state index in [1.165, 1.54) is 5.92 Å². The first-order chi connectivity index (χ1) is 15.7. The average Bonchev–Trinajstić information content (AvgIpc) is 3.09. The Kier molecular flexibility index (Phi) is 13.9. The first-order valence-electron chi connectivity index (χ1n) is 10.3. The minimum Gasteiger partial charge on any atom is -0.482 e. The minimum absolute atomic E-state index is 0. The van der Waals surface area contributed by atoms with E-state index in [1.54, 1.807) is 29.7 Å². The third-order valence-corrected chi connectivity index (χ3v) is 4.75. The van der Waals surface area contributed by atoms with Crippen LogP contribution in [0, 0.1) is 25.6 Å². The average molecular weight is 543 g/mol. The van der Waals surface area contributed by atoms with E-state index in [-0.39, 0.29) is 71.8 Å². The van der Waals surface area contributed by atoms with Gasteiger partial charge in [-0.2, -0.15) is 26.7 Å². The van der Waals surface area contributed by atoms with Gasteiger partial charge in [0.25, 0.3) is 18.2 Å². The normalized spacial score (nSPS) is 11.4. The molecule has 3 aromatic heterocycles. The molecule has 0 aliphatic rings. The van der Waals surface area contributed by atoms with Crippen LogP contribution >= 0.6 is 0 Å². The summed E-state index contributed by atoms with van der Waals surface area (Å²) in [6.07, 6.45) is 0.988. The van der Waals surface area contributed by atoms with E-state index in [2.05, 4.69) is 22.2 Å². The number of hydrogen-bond donors (Lipinski definition) is 1. The van der Waals surface area contributed by atoms with E-state index in [0.717, 1.165) is 18.7 Å². The molecule has 0 saturated carbocycles. The van der Waals surface area contributed by atoms with E-state index in [9.17, 15) is 18.0 Å². The molecule has 36 heavy (non-hydrogen) atoms. The van der Waals surface area contributed by atoms with Crippen molar-refractivity contribution in [3.63, 3.8) is 0 Å². The number of alkyl halides is 2. The van der Waals surface area contributed by atoms with Crippen LogP contribution in [0.1, 0.15) is 42.9 Å². The first-order valence-corrected chi connectivity index (χ1v) is 10.3. The van der Waals surface area contributed by atoms with E-state index in [1.807, 2.05) is 13.8 Å². The molecule has 5 N–H and O–H groups in total. The van der Waals surface area contributed by atoms with Gasteiger partial charge in [-0.25, -0.2) is 23.1 Å². The molecule has 0 bridgehead atoms. The third-order valence-electron chi connectivity index (χ3n) is 4.75. The van der Waals surface area contributed by atoms with Crippen LogP contribution in [-0.2, 0) is 25.8 Å². The van der Waals surface area contributed by atoms with Gasteiger partial charge in [-0.15, -0.1) is 0 Å². The van der Waals surface area contributed by atoms with Crippen LogP contribution in [0.4, 0.5) is 13.2 Å². The van der Waals surface area contributed by atoms with Gasteiger partial charge in [0.05, 0.1) is 18.1 Å². The number of aryl methyl sites for hydroxylation is 1. The van der Waals surface area contributed by atoms with Gasteiger partial charge in [0.2, 0.25) is 0 Å². The molecule has 9 nitrogen and oxygen atoms in total. The molecular weight excluding hydrogens is 514 g/mol. The molecule has 0 spiro atoms. The maximum Gasteiger partial charge on any atom is 0.272 e. The molecule has 0 saturated heterocycles. The van der Waals surface area contributed by atoms with Crippen LogP contribution < -0.4 is 14.8 Å². The van der Waals surface area contributed by atoms with Gasteiger partial charge < -0.3 is 38.6 Å². The number of carbonyl (C=O) groups excluding carboxylic acids is 1. The predicted octanol–water partition coefficient (Wildman–Crippen LogP) is 3.29. The number of amides is 1. The van der Waals surface area contributed by atoms with Gasteiger partial charge in [-0.05, 0) is 25.1 Å². The second kappa shape index (κ2) is 14.9. The Morgan fingerprint density at radius 1 is 1.28 bits per heavy atom. The van der Waals surface area contributed by atoms with Crippen LogP contribution in [0.25, 0.3) is 5.65 Å². The molecule has 0 fully saturated rings. The van der Waals surface area contributed by atoms with Crippen molar-refractivity contribution in [3.05, 3.63) is 60.6 Å². The largest absolute Gasteiger partial charge is 0.482 e. The van der Waals surface area contributed by atoms with Gasteiger partial charge in [-0.1, -0.05) is 0 Å². The summed E-state index contributed by atoms with van der Waals surface area (Å²) in [7, 11) is 0. The first kappa shape index (κ1) is 33.5. The molecule has 1 unspecified atom stereocenters. The zero-order valence-corrected chi connectivity index (χ0v) is 22.0. The molecule has 1 amide bonds. The molecule has 3 heterocycles. The molecule has 3 rings (SSSR count). The Balaban J connectivity index is 0.00000408. The van der Waals surface area contributed by atoms with E-state index >= 15 is 0 Å². The fourth-order valence-corrected chi connectivity index (χ4v) is 3.24. The number of carbonyl (C=O) groups is 1. The summed E-state index contributed by atoms with van der Waals surface area (Å²) in [5.41, 5.74) is 1.35. The number of halogens is 3. The number of hydrogen-bond acceptors (Lipinski definition) is 5. The van der Waals surface area contributed by atoms with Crippen LogP contribution in [0.5, 0.6) is 17.4 Å². The summed E-state index contributed by atoms with van der Waals surface area (Å²) >= 11 is 0. The number of nitrogens with one attached hydrogen (secondary N) is 1. The summed E-state index contributed by atoms with van der Waals surface area (Å²) < 4.78 is 50.7. The number of pyridine rings is 2. The molecule has 1 radical (unpaired) electrons.